The first-order valence-corrected chi connectivity index (χ1v) is 13.3. The van der Waals surface area contributed by atoms with E-state index in [1.54, 1.807) is 33.7 Å². The molecule has 0 bridgehead atoms. The first-order valence-electron chi connectivity index (χ1n) is 10.8. The molecular weight excluding hydrogens is 509 g/mol. The van der Waals surface area contributed by atoms with E-state index in [1.165, 1.54) is 4.88 Å². The summed E-state index contributed by atoms with van der Waals surface area (Å²) in [4.78, 5) is 18.3. The lowest BCUT2D eigenvalue weighted by Gasteiger charge is -2.21. The van der Waals surface area contributed by atoms with Crippen molar-refractivity contribution in [3.63, 3.8) is 0 Å². The maximum Gasteiger partial charge on any atom is 0.268 e. The number of thiophene rings is 1. The van der Waals surface area contributed by atoms with Gasteiger partial charge in [-0.1, -0.05) is 59.2 Å². The zero-order chi connectivity index (χ0) is 23.4. The number of benzene rings is 2. The highest BCUT2D eigenvalue weighted by Crippen LogP contribution is 2.36. The fourth-order valence-corrected chi connectivity index (χ4v) is 7.33. The van der Waals surface area contributed by atoms with Crippen molar-refractivity contribution in [2.75, 3.05) is 13.6 Å². The van der Waals surface area contributed by atoms with Crippen LogP contribution >= 0.6 is 46.3 Å². The lowest BCUT2D eigenvalue weighted by molar-refractivity contribution is 0.318. The maximum atomic E-state index is 13.9. The number of para-hydroxylation sites is 1. The number of aromatic nitrogens is 4. The van der Waals surface area contributed by atoms with Gasteiger partial charge in [-0.2, -0.15) is 0 Å². The van der Waals surface area contributed by atoms with E-state index >= 15 is 0 Å². The Morgan fingerprint density at radius 2 is 1.94 bits per heavy atom. The van der Waals surface area contributed by atoms with E-state index in [4.69, 9.17) is 23.2 Å². The summed E-state index contributed by atoms with van der Waals surface area (Å²) in [5, 5.41) is 11.7. The summed E-state index contributed by atoms with van der Waals surface area (Å²) >= 11 is 15.7. The van der Waals surface area contributed by atoms with Crippen molar-refractivity contribution >= 4 is 62.3 Å². The molecule has 0 unspecified atom stereocenters. The lowest BCUT2D eigenvalue weighted by atomic mass is 10.1. The van der Waals surface area contributed by atoms with Crippen molar-refractivity contribution in [2.24, 2.45) is 0 Å². The third-order valence-electron chi connectivity index (χ3n) is 6.05. The van der Waals surface area contributed by atoms with Gasteiger partial charge in [-0.25, -0.2) is 8.97 Å². The molecule has 6 nitrogen and oxygen atoms in total. The third-order valence-corrected chi connectivity index (χ3v) is 8.82. The van der Waals surface area contributed by atoms with Crippen molar-refractivity contribution < 1.29 is 0 Å². The number of hydrogen-bond donors (Lipinski definition) is 0. The van der Waals surface area contributed by atoms with Crippen LogP contribution in [0, 0.1) is 0 Å². The number of hydrogen-bond acceptors (Lipinski definition) is 6. The van der Waals surface area contributed by atoms with Crippen LogP contribution in [0.15, 0.2) is 58.5 Å². The van der Waals surface area contributed by atoms with E-state index in [-0.39, 0.29) is 5.56 Å². The molecule has 0 fully saturated rings. The molecule has 6 rings (SSSR count). The molecule has 172 valence electrons. The molecule has 1 aliphatic heterocycles. The number of likely N-dealkylation sites (N-methyl/N-ethyl adjacent to an activating group) is 1. The molecule has 5 aromatic rings. The average Bonchev–Trinajstić information content (AvgIpc) is 3.40. The van der Waals surface area contributed by atoms with E-state index in [0.29, 0.717) is 21.6 Å². The molecule has 0 amide bonds. The summed E-state index contributed by atoms with van der Waals surface area (Å²) < 4.78 is 3.71. The molecule has 0 atom stereocenters. The fourth-order valence-electron chi connectivity index (χ4n) is 4.37. The number of nitrogens with zero attached hydrogens (tertiary/aromatic N) is 5. The monoisotopic (exact) mass is 527 g/mol. The Labute approximate surface area is 213 Å². The van der Waals surface area contributed by atoms with Crippen molar-refractivity contribution in [1.29, 1.82) is 0 Å². The molecule has 1 aliphatic rings. The molecule has 10 heteroatoms. The van der Waals surface area contributed by atoms with Gasteiger partial charge in [0.05, 0.1) is 11.1 Å². The van der Waals surface area contributed by atoms with Gasteiger partial charge in [-0.15, -0.1) is 21.5 Å². The maximum absolute atomic E-state index is 13.9. The second kappa shape index (κ2) is 8.70. The predicted molar refractivity (Wildman–Crippen MR) is 140 cm³/mol. The van der Waals surface area contributed by atoms with E-state index in [0.717, 1.165) is 51.7 Å². The normalized spacial score (nSPS) is 14.2. The highest BCUT2D eigenvalue weighted by Gasteiger charge is 2.26. The molecule has 0 N–H and O–H groups in total. The molecule has 0 saturated carbocycles. The minimum Gasteiger partial charge on any atom is -0.301 e. The van der Waals surface area contributed by atoms with Crippen LogP contribution in [0.1, 0.15) is 16.0 Å². The Morgan fingerprint density at radius 3 is 2.74 bits per heavy atom. The van der Waals surface area contributed by atoms with Crippen molar-refractivity contribution in [3.8, 4) is 5.69 Å². The summed E-state index contributed by atoms with van der Waals surface area (Å²) in [5.74, 6) is 1.12. The first kappa shape index (κ1) is 22.1. The van der Waals surface area contributed by atoms with Crippen LogP contribution in [0.2, 0.25) is 10.0 Å². The minimum atomic E-state index is -0.0413. The molecule has 4 heterocycles. The topological polar surface area (TPSA) is 55.4 Å². The Hall–Kier alpha value is -2.36. The number of halogens is 2. The summed E-state index contributed by atoms with van der Waals surface area (Å²) in [7, 11) is 2.11. The Morgan fingerprint density at radius 1 is 1.12 bits per heavy atom. The zero-order valence-corrected chi connectivity index (χ0v) is 21.3. The molecule has 0 radical (unpaired) electrons. The smallest absolute Gasteiger partial charge is 0.268 e. The SMILES string of the molecule is CN1CCc2c(sc3c2c(=O)n(-c2ccccc2)c2nnc(SCc4ccc(Cl)cc4Cl)n32)C1. The van der Waals surface area contributed by atoms with Crippen LogP contribution in [-0.2, 0) is 18.7 Å². The van der Waals surface area contributed by atoms with Crippen LogP contribution < -0.4 is 5.56 Å². The predicted octanol–water partition coefficient (Wildman–Crippen LogP) is 5.68. The van der Waals surface area contributed by atoms with Crippen molar-refractivity contribution in [3.05, 3.63) is 84.9 Å². The molecule has 3 aromatic heterocycles. The molecule has 0 saturated heterocycles. The van der Waals surface area contributed by atoms with Crippen LogP contribution in [0.5, 0.6) is 0 Å². The summed E-state index contributed by atoms with van der Waals surface area (Å²) in [6.07, 6.45) is 0.854. The zero-order valence-electron chi connectivity index (χ0n) is 18.2. The Bertz CT molecular complexity index is 1610. The van der Waals surface area contributed by atoms with E-state index in [9.17, 15) is 4.79 Å². The van der Waals surface area contributed by atoms with Crippen molar-refractivity contribution in [2.45, 2.75) is 23.9 Å². The van der Waals surface area contributed by atoms with Gasteiger partial charge in [0.25, 0.3) is 5.56 Å². The molecule has 34 heavy (non-hydrogen) atoms. The minimum absolute atomic E-state index is 0.0413. The fraction of sp³-hybridized carbons (Fsp3) is 0.208. The second-order valence-corrected chi connectivity index (χ2v) is 11.2. The van der Waals surface area contributed by atoms with Crippen LogP contribution in [0.25, 0.3) is 21.7 Å². The molecule has 0 aliphatic carbocycles. The third kappa shape index (κ3) is 3.65. The van der Waals surface area contributed by atoms with Gasteiger partial charge in [0.15, 0.2) is 5.16 Å². The Kier molecular flexibility index (Phi) is 5.66. The van der Waals surface area contributed by atoms with E-state index in [2.05, 4.69) is 22.1 Å². The molecular formula is C24H19Cl2N5OS2. The highest BCUT2D eigenvalue weighted by atomic mass is 35.5. The number of rotatable bonds is 4. The second-order valence-electron chi connectivity index (χ2n) is 8.29. The summed E-state index contributed by atoms with van der Waals surface area (Å²) in [6.45, 7) is 1.77. The average molecular weight is 528 g/mol. The molecule has 0 spiro atoms. The molecule has 2 aromatic carbocycles. The van der Waals surface area contributed by atoms with Gasteiger partial charge in [-0.3, -0.25) is 4.79 Å². The number of fused-ring (bicyclic) bond motifs is 5. The first-order chi connectivity index (χ1) is 16.5. The van der Waals surface area contributed by atoms with Gasteiger partial charge >= 0.3 is 0 Å². The summed E-state index contributed by atoms with van der Waals surface area (Å²) in [6, 6.07) is 15.1. The largest absolute Gasteiger partial charge is 0.301 e. The number of thioether (sulfide) groups is 1. The van der Waals surface area contributed by atoms with E-state index in [1.807, 2.05) is 46.9 Å². The van der Waals surface area contributed by atoms with Crippen LogP contribution in [-0.4, -0.2) is 37.7 Å². The van der Waals surface area contributed by atoms with Gasteiger partial charge in [0, 0.05) is 33.8 Å². The highest BCUT2D eigenvalue weighted by molar-refractivity contribution is 7.98. The van der Waals surface area contributed by atoms with Crippen LogP contribution in [0.3, 0.4) is 0 Å². The standard InChI is InChI=1S/C24H19Cl2N5OS2/c1-29-10-9-17-19(12-29)34-22-20(17)21(32)30(16-5-3-2-4-6-16)23-27-28-24(31(22)23)33-13-14-7-8-15(25)11-18(14)26/h2-8,11H,9-10,12-13H2,1H3. The summed E-state index contributed by atoms with van der Waals surface area (Å²) in [5.41, 5.74) is 2.85. The Balaban J connectivity index is 1.58. The van der Waals surface area contributed by atoms with Crippen molar-refractivity contribution in [1.82, 2.24) is 24.1 Å². The van der Waals surface area contributed by atoms with Gasteiger partial charge in [0.1, 0.15) is 4.83 Å². The lowest BCUT2D eigenvalue weighted by Crippen LogP contribution is -2.27. The van der Waals surface area contributed by atoms with Gasteiger partial charge in [0.2, 0.25) is 5.78 Å². The van der Waals surface area contributed by atoms with Crippen LogP contribution in [0.4, 0.5) is 0 Å². The quantitative estimate of drug-likeness (QED) is 0.281. The van der Waals surface area contributed by atoms with Gasteiger partial charge < -0.3 is 4.90 Å². The van der Waals surface area contributed by atoms with E-state index < -0.39 is 0 Å². The van der Waals surface area contributed by atoms with Gasteiger partial charge in [-0.05, 0) is 48.9 Å².